The lowest BCUT2D eigenvalue weighted by atomic mass is 10.2. The highest BCUT2D eigenvalue weighted by Crippen LogP contribution is 2.46. The maximum absolute atomic E-state index is 11.4. The lowest BCUT2D eigenvalue weighted by Crippen LogP contribution is -2.14. The number of hydrogen-bond acceptors (Lipinski definition) is 5. The van der Waals surface area contributed by atoms with Gasteiger partial charge in [0, 0.05) is 17.8 Å². The van der Waals surface area contributed by atoms with Gasteiger partial charge < -0.3 is 10.1 Å². The van der Waals surface area contributed by atoms with Crippen molar-refractivity contribution in [3.05, 3.63) is 17.6 Å². The van der Waals surface area contributed by atoms with Crippen LogP contribution in [0.25, 0.3) is 0 Å². The smallest absolute Gasteiger partial charge is 0.376 e. The van der Waals surface area contributed by atoms with Crippen molar-refractivity contribution in [1.29, 1.82) is 0 Å². The summed E-state index contributed by atoms with van der Waals surface area (Å²) in [5.74, 6) is 0.286. The molecule has 0 bridgehead atoms. The predicted octanol–water partition coefficient (Wildman–Crippen LogP) is 1.78. The van der Waals surface area contributed by atoms with Crippen LogP contribution < -0.4 is 5.32 Å². The largest absolute Gasteiger partial charge is 0.463 e. The van der Waals surface area contributed by atoms with Crippen molar-refractivity contribution < 1.29 is 9.53 Å². The molecule has 17 heavy (non-hydrogen) atoms. The molecule has 2 rings (SSSR count). The molecule has 0 saturated heterocycles. The molecule has 5 nitrogen and oxygen atoms in total. The Morgan fingerprint density at radius 1 is 1.53 bits per heavy atom. The van der Waals surface area contributed by atoms with Gasteiger partial charge in [-0.3, -0.25) is 0 Å². The maximum Gasteiger partial charge on any atom is 0.376 e. The number of esters is 1. The molecule has 1 atom stereocenters. The quantitative estimate of drug-likeness (QED) is 0.809. The molecule has 0 radical (unpaired) electrons. The minimum absolute atomic E-state index is 0.105. The van der Waals surface area contributed by atoms with Gasteiger partial charge in [-0.2, -0.15) is 0 Å². The topological polar surface area (TPSA) is 64.1 Å². The number of methoxy groups -OCH3 is 1. The van der Waals surface area contributed by atoms with Crippen LogP contribution >= 0.6 is 0 Å². The highest BCUT2D eigenvalue weighted by atomic mass is 16.5. The molecule has 1 saturated carbocycles. The summed E-state index contributed by atoms with van der Waals surface area (Å²) in [6.07, 6.45) is 1.11. The van der Waals surface area contributed by atoms with Gasteiger partial charge in [0.15, 0.2) is 0 Å². The summed E-state index contributed by atoms with van der Waals surface area (Å²) in [6, 6.07) is 2.25. The molecule has 92 valence electrons. The van der Waals surface area contributed by atoms with Crippen molar-refractivity contribution in [3.8, 4) is 0 Å². The van der Waals surface area contributed by atoms with Crippen LogP contribution in [0.5, 0.6) is 0 Å². The highest BCUT2D eigenvalue weighted by molar-refractivity contribution is 5.85. The summed E-state index contributed by atoms with van der Waals surface area (Å²) in [4.78, 5) is 19.6. The first kappa shape index (κ1) is 11.8. The number of aryl methyl sites for hydroxylation is 1. The number of carbonyl (C=O) groups is 1. The van der Waals surface area contributed by atoms with Crippen molar-refractivity contribution in [2.45, 2.75) is 33.2 Å². The predicted molar refractivity (Wildman–Crippen MR) is 63.9 cm³/mol. The van der Waals surface area contributed by atoms with Gasteiger partial charge in [0.05, 0.1) is 7.11 Å². The van der Waals surface area contributed by atoms with Gasteiger partial charge in [0.1, 0.15) is 5.82 Å². The number of nitrogens with one attached hydrogen (secondary N) is 1. The first-order valence-corrected chi connectivity index (χ1v) is 5.63. The number of hydrogen-bond donors (Lipinski definition) is 1. The molecular weight excluding hydrogens is 218 g/mol. The van der Waals surface area contributed by atoms with Crippen LogP contribution in [0.4, 0.5) is 5.82 Å². The van der Waals surface area contributed by atoms with E-state index in [1.165, 1.54) is 7.11 Å². The molecule has 1 aromatic heterocycles. The Bertz CT molecular complexity index is 457. The molecule has 1 N–H and O–H groups in total. The van der Waals surface area contributed by atoms with Gasteiger partial charge in [-0.1, -0.05) is 13.8 Å². The van der Waals surface area contributed by atoms with Crippen molar-refractivity contribution in [1.82, 2.24) is 9.97 Å². The van der Waals surface area contributed by atoms with Crippen molar-refractivity contribution in [2.24, 2.45) is 5.41 Å². The summed E-state index contributed by atoms with van der Waals surface area (Å²) in [5.41, 5.74) is 1.06. The second-order valence-corrected chi connectivity index (χ2v) is 5.10. The number of carbonyl (C=O) groups excluding carboxylic acids is 1. The fourth-order valence-electron chi connectivity index (χ4n) is 1.72. The van der Waals surface area contributed by atoms with E-state index in [4.69, 9.17) is 0 Å². The van der Waals surface area contributed by atoms with E-state index in [0.717, 1.165) is 12.1 Å². The fourth-order valence-corrected chi connectivity index (χ4v) is 1.72. The van der Waals surface area contributed by atoms with E-state index < -0.39 is 5.97 Å². The monoisotopic (exact) mass is 235 g/mol. The zero-order valence-electron chi connectivity index (χ0n) is 10.6. The SMILES string of the molecule is COC(=O)c1nc(C)cc(NC2CC2(C)C)n1. The number of anilines is 1. The van der Waals surface area contributed by atoms with E-state index >= 15 is 0 Å². The van der Waals surface area contributed by atoms with Crippen molar-refractivity contribution in [2.75, 3.05) is 12.4 Å². The van der Waals surface area contributed by atoms with Gasteiger partial charge in [-0.25, -0.2) is 14.8 Å². The van der Waals surface area contributed by atoms with E-state index in [-0.39, 0.29) is 5.82 Å². The maximum atomic E-state index is 11.4. The summed E-state index contributed by atoms with van der Waals surface area (Å²) in [6.45, 7) is 6.22. The molecule has 5 heteroatoms. The zero-order chi connectivity index (χ0) is 12.6. The molecule has 1 unspecified atom stereocenters. The van der Waals surface area contributed by atoms with E-state index in [1.807, 2.05) is 13.0 Å². The summed E-state index contributed by atoms with van der Waals surface area (Å²) in [5, 5.41) is 3.31. The van der Waals surface area contributed by atoms with Gasteiger partial charge in [0.25, 0.3) is 0 Å². The van der Waals surface area contributed by atoms with Gasteiger partial charge in [0.2, 0.25) is 5.82 Å². The average molecular weight is 235 g/mol. The Balaban J connectivity index is 2.17. The van der Waals surface area contributed by atoms with Gasteiger partial charge in [-0.05, 0) is 18.8 Å². The molecule has 0 aliphatic heterocycles. The molecule has 1 aliphatic carbocycles. The second kappa shape index (κ2) is 3.98. The summed E-state index contributed by atoms with van der Waals surface area (Å²) < 4.78 is 4.62. The van der Waals surface area contributed by atoms with Crippen molar-refractivity contribution >= 4 is 11.8 Å². The van der Waals surface area contributed by atoms with Gasteiger partial charge in [-0.15, -0.1) is 0 Å². The van der Waals surface area contributed by atoms with E-state index in [1.54, 1.807) is 0 Å². The molecule has 1 aliphatic rings. The van der Waals surface area contributed by atoms with Crippen molar-refractivity contribution in [3.63, 3.8) is 0 Å². The zero-order valence-corrected chi connectivity index (χ0v) is 10.6. The first-order chi connectivity index (χ1) is 7.92. The minimum Gasteiger partial charge on any atom is -0.463 e. The second-order valence-electron chi connectivity index (χ2n) is 5.10. The normalized spacial score (nSPS) is 20.8. The molecule has 0 aromatic carbocycles. The van der Waals surface area contributed by atoms with E-state index in [2.05, 4.69) is 33.9 Å². The Labute approximate surface area is 101 Å². The van der Waals surface area contributed by atoms with Gasteiger partial charge >= 0.3 is 5.97 Å². The van der Waals surface area contributed by atoms with E-state index in [0.29, 0.717) is 17.3 Å². The Morgan fingerprint density at radius 2 is 2.18 bits per heavy atom. The number of nitrogens with zero attached hydrogens (tertiary/aromatic N) is 2. The molecular formula is C12H17N3O2. The third kappa shape index (κ3) is 2.54. The standard InChI is InChI=1S/C12H17N3O2/c1-7-5-9(14-8-6-12(8,2)3)15-10(13-7)11(16)17-4/h5,8H,6H2,1-4H3,(H,13,14,15). The molecule has 0 spiro atoms. The number of rotatable bonds is 3. The molecule has 1 fully saturated rings. The first-order valence-electron chi connectivity index (χ1n) is 5.63. The third-order valence-corrected chi connectivity index (χ3v) is 3.06. The average Bonchev–Trinajstić information content (AvgIpc) is 2.83. The number of ether oxygens (including phenoxy) is 1. The van der Waals surface area contributed by atoms with Crippen LogP contribution in [0, 0.1) is 12.3 Å². The molecule has 0 amide bonds. The molecule has 1 aromatic rings. The van der Waals surface area contributed by atoms with Crippen LogP contribution in [0.1, 0.15) is 36.6 Å². The fraction of sp³-hybridized carbons (Fsp3) is 0.583. The lowest BCUT2D eigenvalue weighted by molar-refractivity contribution is 0.0586. The van der Waals surface area contributed by atoms with Crippen LogP contribution in [-0.4, -0.2) is 29.1 Å². The Kier molecular flexibility index (Phi) is 2.77. The summed E-state index contributed by atoms with van der Waals surface area (Å²) in [7, 11) is 1.32. The van der Waals surface area contributed by atoms with E-state index in [9.17, 15) is 4.79 Å². The number of aromatic nitrogens is 2. The Hall–Kier alpha value is -1.65. The summed E-state index contributed by atoms with van der Waals surface area (Å²) >= 11 is 0. The molecule has 1 heterocycles. The minimum atomic E-state index is -0.508. The third-order valence-electron chi connectivity index (χ3n) is 3.06. The van der Waals surface area contributed by atoms with Crippen LogP contribution in [0.3, 0.4) is 0 Å². The highest BCUT2D eigenvalue weighted by Gasteiger charge is 2.45. The Morgan fingerprint density at radius 3 is 2.71 bits per heavy atom. The lowest BCUT2D eigenvalue weighted by Gasteiger charge is -2.09. The van der Waals surface area contributed by atoms with Crippen LogP contribution in [0.15, 0.2) is 6.07 Å². The van der Waals surface area contributed by atoms with Crippen LogP contribution in [-0.2, 0) is 4.74 Å². The van der Waals surface area contributed by atoms with Crippen LogP contribution in [0.2, 0.25) is 0 Å².